The minimum atomic E-state index is -4.46. The smallest absolute Gasteiger partial charge is 0.748 e. The molecule has 1 aromatic heterocycles. The Morgan fingerprint density at radius 2 is 1.36 bits per heavy atom. The van der Waals surface area contributed by atoms with E-state index in [1.54, 1.807) is 28.9 Å². The van der Waals surface area contributed by atoms with Gasteiger partial charge in [-0.2, -0.15) is 0 Å². The summed E-state index contributed by atoms with van der Waals surface area (Å²) in [6.07, 6.45) is 16.0. The van der Waals surface area contributed by atoms with Gasteiger partial charge in [0.2, 0.25) is 5.36 Å². The molecule has 0 spiro atoms. The molecule has 318 valence electrons. The van der Waals surface area contributed by atoms with Crippen molar-refractivity contribution in [3.8, 4) is 17.1 Å². The second-order valence-corrected chi connectivity index (χ2v) is 18.9. The number of nitrogens with zero attached hydrogens (tertiary/aromatic N) is 2. The summed E-state index contributed by atoms with van der Waals surface area (Å²) < 4.78 is 81.5. The molecule has 15 heteroatoms. The maximum absolute atomic E-state index is 13.2. The Bertz CT molecular complexity index is 2320. The number of allylic oxidation sites excluding steroid dienone is 2. The van der Waals surface area contributed by atoms with Crippen LogP contribution >= 0.6 is 0 Å². The fourth-order valence-corrected chi connectivity index (χ4v) is 7.78. The van der Waals surface area contributed by atoms with E-state index in [9.17, 15) is 35.8 Å². The summed E-state index contributed by atoms with van der Waals surface area (Å²) in [6.45, 7) is 12.5. The zero-order valence-corrected chi connectivity index (χ0v) is 39.1. The van der Waals surface area contributed by atoms with Gasteiger partial charge in [0, 0.05) is 66.2 Å². The van der Waals surface area contributed by atoms with Crippen molar-refractivity contribution in [2.45, 2.75) is 104 Å². The number of anilines is 1. The van der Waals surface area contributed by atoms with Crippen LogP contribution < -0.4 is 50.0 Å². The molecule has 0 amide bonds. The molecule has 0 atom stereocenters. The number of hydrogen-bond donors (Lipinski definition) is 1. The molecule has 1 aliphatic heterocycles. The van der Waals surface area contributed by atoms with Gasteiger partial charge in [-0.25, -0.2) is 26.2 Å². The van der Waals surface area contributed by atoms with Crippen molar-refractivity contribution in [2.75, 3.05) is 42.6 Å². The molecule has 12 nitrogen and oxygen atoms in total. The van der Waals surface area contributed by atoms with Crippen LogP contribution in [-0.2, 0) is 25.7 Å². The van der Waals surface area contributed by atoms with E-state index >= 15 is 0 Å². The number of aromatic hydroxyl groups is 1. The Balaban J connectivity index is 0.00000930. The summed E-state index contributed by atoms with van der Waals surface area (Å²) in [5.41, 5.74) is 1.81. The van der Waals surface area contributed by atoms with Crippen LogP contribution in [0.1, 0.15) is 116 Å². The van der Waals surface area contributed by atoms with Gasteiger partial charge in [-0.15, -0.1) is 0 Å². The van der Waals surface area contributed by atoms with Crippen molar-refractivity contribution in [3.05, 3.63) is 87.3 Å². The van der Waals surface area contributed by atoms with Gasteiger partial charge in [-0.05, 0) is 48.7 Å². The standard InChI is InChI=1S/C44H60N2O10S2.Na/c1-6-8-10-14-24-45(25-15-11-9-7-2)35-21-23-37-40(32-35)56-43(48)38(42(37)47)19-13-12-18-33-30-41(44(3,4)5)55-39-31-34(20-22-36(33)39)46(26-16-28-57(49,50)51)27-17-29-58(52,53)54;/h12-13,18-23,30-32H,6-11,14-17,24-29H2,1-5H3,(H2,49,50,51,52,53,54);/q;+1/p-1. The normalized spacial score (nSPS) is 12.5. The van der Waals surface area contributed by atoms with Gasteiger partial charge in [-0.1, -0.05) is 91.4 Å². The maximum atomic E-state index is 13.2. The largest absolute Gasteiger partial charge is 1.00 e. The first-order chi connectivity index (χ1) is 27.4. The van der Waals surface area contributed by atoms with Crippen molar-refractivity contribution in [1.82, 2.24) is 4.58 Å². The zero-order valence-electron chi connectivity index (χ0n) is 35.5. The molecule has 0 radical (unpaired) electrons. The molecule has 4 rings (SSSR count). The van der Waals surface area contributed by atoms with Crippen LogP contribution in [0.2, 0.25) is 0 Å². The van der Waals surface area contributed by atoms with Gasteiger partial charge in [0.05, 0.1) is 31.7 Å². The van der Waals surface area contributed by atoms with E-state index in [1.807, 2.05) is 57.2 Å². The minimum absolute atomic E-state index is 0. The molecule has 0 saturated carbocycles. The molecule has 59 heavy (non-hydrogen) atoms. The quantitative estimate of drug-likeness (QED) is 0.0285. The predicted octanol–water partition coefficient (Wildman–Crippen LogP) is 4.83. The molecule has 1 N–H and O–H groups in total. The van der Waals surface area contributed by atoms with E-state index in [1.165, 1.54) is 31.8 Å². The predicted molar refractivity (Wildman–Crippen MR) is 230 cm³/mol. The molecule has 1 aliphatic carbocycles. The Hall–Kier alpha value is -3.24. The fraction of sp³-hybridized carbons (Fsp3) is 0.500. The number of unbranched alkanes of at least 4 members (excludes halogenated alkanes) is 6. The first-order valence-corrected chi connectivity index (χ1v) is 23.5. The number of rotatable bonds is 22. The van der Waals surface area contributed by atoms with E-state index < -0.39 is 42.8 Å². The zero-order chi connectivity index (χ0) is 42.5. The number of fused-ring (bicyclic) bond motifs is 2. The van der Waals surface area contributed by atoms with Gasteiger partial charge in [0.25, 0.3) is 0 Å². The summed E-state index contributed by atoms with van der Waals surface area (Å²) in [6, 6.07) is 12.9. The van der Waals surface area contributed by atoms with Gasteiger partial charge < -0.3 is 27.9 Å². The van der Waals surface area contributed by atoms with Crippen molar-refractivity contribution in [2.24, 2.45) is 0 Å². The monoisotopic (exact) mass is 862 g/mol. The van der Waals surface area contributed by atoms with Crippen LogP contribution in [0.4, 0.5) is 5.69 Å². The van der Waals surface area contributed by atoms with Gasteiger partial charge >= 0.3 is 35.2 Å². The van der Waals surface area contributed by atoms with E-state index in [0.29, 0.717) is 27.8 Å². The molecule has 2 aromatic rings. The topological polar surface area (TPSA) is 184 Å². The molecule has 0 unspecified atom stereocenters. The Labute approximate surface area is 371 Å². The van der Waals surface area contributed by atoms with Crippen LogP contribution in [-0.4, -0.2) is 68.7 Å². The summed E-state index contributed by atoms with van der Waals surface area (Å²) >= 11 is 0. The molecular weight excluding hydrogens is 804 g/mol. The van der Waals surface area contributed by atoms with Crippen molar-refractivity contribution in [1.29, 1.82) is 0 Å². The first-order valence-electron chi connectivity index (χ1n) is 20.3. The second kappa shape index (κ2) is 23.1. The molecule has 0 fully saturated rings. The van der Waals surface area contributed by atoms with Crippen LogP contribution in [0, 0.1) is 0 Å². The summed E-state index contributed by atoms with van der Waals surface area (Å²) in [5, 5.41) is 12.3. The van der Waals surface area contributed by atoms with E-state index in [-0.39, 0.29) is 66.8 Å². The van der Waals surface area contributed by atoms with Crippen LogP contribution in [0.3, 0.4) is 0 Å². The maximum Gasteiger partial charge on any atom is 1.00 e. The molecule has 2 heterocycles. The van der Waals surface area contributed by atoms with E-state index in [2.05, 4.69) is 18.7 Å². The third-order valence-electron chi connectivity index (χ3n) is 10.0. The van der Waals surface area contributed by atoms with Gasteiger partial charge in [0.15, 0.2) is 0 Å². The van der Waals surface area contributed by atoms with Crippen molar-refractivity contribution < 1.29 is 69.4 Å². The second-order valence-electron chi connectivity index (χ2n) is 15.9. The summed E-state index contributed by atoms with van der Waals surface area (Å²) in [4.78, 5) is 15.6. The summed E-state index contributed by atoms with van der Waals surface area (Å²) in [5.74, 6) is -0.171. The third kappa shape index (κ3) is 15.9. The van der Waals surface area contributed by atoms with Crippen LogP contribution in [0.5, 0.6) is 5.75 Å². The van der Waals surface area contributed by atoms with Crippen LogP contribution in [0.15, 0.2) is 68.2 Å². The minimum Gasteiger partial charge on any atom is -0.748 e. The molecule has 2 aliphatic rings. The average molecular weight is 863 g/mol. The Morgan fingerprint density at radius 1 is 0.763 bits per heavy atom. The Morgan fingerprint density at radius 3 is 1.92 bits per heavy atom. The summed E-state index contributed by atoms with van der Waals surface area (Å²) in [7, 11) is -8.91. The Kier molecular flexibility index (Phi) is 19.6. The number of benzene rings is 2. The fourth-order valence-electron chi connectivity index (χ4n) is 6.81. The molecule has 1 aromatic carbocycles. The third-order valence-corrected chi connectivity index (χ3v) is 11.6. The van der Waals surface area contributed by atoms with Gasteiger partial charge in [-0.3, -0.25) is 0 Å². The molecule has 0 saturated heterocycles. The molecular formula is C44H59N2NaO10S2. The first kappa shape index (κ1) is 50.1. The van der Waals surface area contributed by atoms with E-state index in [4.69, 9.17) is 8.83 Å². The SMILES string of the molecule is CCCCCCN(CCCCCC)c1ccc2c(O)c(/C=C/C=C/c3cc(C(C)(C)C)oc4cc(=[N+](CCCS(=O)(=O)[O-])CCCS(=O)(=O)[O-])ccc3-4)c(=O)oc2c1.[Na+]. The van der Waals surface area contributed by atoms with Crippen molar-refractivity contribution in [3.63, 3.8) is 0 Å². The van der Waals surface area contributed by atoms with Crippen molar-refractivity contribution >= 4 is 49.0 Å². The molecule has 0 bridgehead atoms. The number of hydrogen-bond acceptors (Lipinski definition) is 11. The average Bonchev–Trinajstić information content (AvgIpc) is 3.14. The van der Waals surface area contributed by atoms with Crippen LogP contribution in [0.25, 0.3) is 34.4 Å². The van der Waals surface area contributed by atoms with E-state index in [0.717, 1.165) is 55.6 Å². The van der Waals surface area contributed by atoms with Gasteiger partial charge in [0.1, 0.15) is 41.5 Å².